The molecule has 2 heteroatoms. The normalized spacial score (nSPS) is 28.4. The maximum absolute atomic E-state index is 5.50. The van der Waals surface area contributed by atoms with Gasteiger partial charge < -0.3 is 5.73 Å². The molecule has 2 nitrogen and oxygen atoms in total. The zero-order chi connectivity index (χ0) is 8.97. The van der Waals surface area contributed by atoms with Gasteiger partial charge in [0.05, 0.1) is 0 Å². The summed E-state index contributed by atoms with van der Waals surface area (Å²) >= 11 is 0. The van der Waals surface area contributed by atoms with E-state index in [-0.39, 0.29) is 0 Å². The second-order valence-corrected chi connectivity index (χ2v) is 3.32. The number of allylic oxidation sites excluding steroid dienone is 1. The molecule has 0 saturated heterocycles. The van der Waals surface area contributed by atoms with Crippen LogP contribution in [0, 0.1) is 5.92 Å². The molecule has 0 amide bonds. The van der Waals surface area contributed by atoms with Crippen LogP contribution < -0.4 is 5.73 Å². The van der Waals surface area contributed by atoms with Crippen molar-refractivity contribution in [3.05, 3.63) is 11.6 Å². The Morgan fingerprint density at radius 2 is 2.50 bits per heavy atom. The molecule has 1 atom stereocenters. The standard InChI is InChI=1S/C10H18N2/c1-8(12-2)10-5-3-4-9(10)6-7-11/h6,10H,3-5,7,11H2,1-2H3/b9-6+,12-8?. The third-order valence-electron chi connectivity index (χ3n) is 2.64. The summed E-state index contributed by atoms with van der Waals surface area (Å²) in [6.07, 6.45) is 5.93. The zero-order valence-electron chi connectivity index (χ0n) is 8.01. The molecule has 68 valence electrons. The molecule has 12 heavy (non-hydrogen) atoms. The van der Waals surface area contributed by atoms with Crippen molar-refractivity contribution in [3.63, 3.8) is 0 Å². The number of rotatable bonds is 2. The lowest BCUT2D eigenvalue weighted by atomic mass is 9.97. The molecule has 0 aromatic rings. The van der Waals surface area contributed by atoms with E-state index in [9.17, 15) is 0 Å². The smallest absolute Gasteiger partial charge is 0.0276 e. The maximum Gasteiger partial charge on any atom is 0.0276 e. The summed E-state index contributed by atoms with van der Waals surface area (Å²) in [5, 5.41) is 0. The molecule has 0 radical (unpaired) electrons. The first-order chi connectivity index (χ1) is 5.79. The lowest BCUT2D eigenvalue weighted by Gasteiger charge is -2.10. The highest BCUT2D eigenvalue weighted by molar-refractivity contribution is 5.87. The van der Waals surface area contributed by atoms with Gasteiger partial charge in [0.1, 0.15) is 0 Å². The molecule has 0 bridgehead atoms. The average molecular weight is 166 g/mol. The van der Waals surface area contributed by atoms with E-state index in [4.69, 9.17) is 5.73 Å². The zero-order valence-corrected chi connectivity index (χ0v) is 8.01. The monoisotopic (exact) mass is 166 g/mol. The lowest BCUT2D eigenvalue weighted by Crippen LogP contribution is -2.10. The van der Waals surface area contributed by atoms with Gasteiger partial charge in [-0.05, 0) is 26.2 Å². The molecule has 1 rings (SSSR count). The van der Waals surface area contributed by atoms with Crippen LogP contribution in [0.1, 0.15) is 26.2 Å². The van der Waals surface area contributed by atoms with Crippen LogP contribution in [0.2, 0.25) is 0 Å². The van der Waals surface area contributed by atoms with Crippen LogP contribution in [-0.4, -0.2) is 19.3 Å². The molecule has 1 fully saturated rings. The Hall–Kier alpha value is -0.630. The largest absolute Gasteiger partial charge is 0.327 e. The average Bonchev–Trinajstić information content (AvgIpc) is 2.52. The van der Waals surface area contributed by atoms with Gasteiger partial charge in [-0.1, -0.05) is 11.6 Å². The van der Waals surface area contributed by atoms with Gasteiger partial charge in [-0.2, -0.15) is 0 Å². The first-order valence-electron chi connectivity index (χ1n) is 4.62. The molecule has 1 aliphatic rings. The summed E-state index contributed by atoms with van der Waals surface area (Å²) < 4.78 is 0. The molecule has 2 N–H and O–H groups in total. The Kier molecular flexibility index (Phi) is 3.48. The first kappa shape index (κ1) is 9.46. The van der Waals surface area contributed by atoms with Gasteiger partial charge in [-0.3, -0.25) is 4.99 Å². The second kappa shape index (κ2) is 4.41. The summed E-state index contributed by atoms with van der Waals surface area (Å²) in [5.74, 6) is 0.596. The van der Waals surface area contributed by atoms with Gasteiger partial charge in [0.2, 0.25) is 0 Å². The Morgan fingerprint density at radius 1 is 1.75 bits per heavy atom. The van der Waals surface area contributed by atoms with Crippen LogP contribution in [0.25, 0.3) is 0 Å². The van der Waals surface area contributed by atoms with Gasteiger partial charge in [-0.15, -0.1) is 0 Å². The minimum Gasteiger partial charge on any atom is -0.327 e. The highest BCUT2D eigenvalue weighted by Crippen LogP contribution is 2.31. The van der Waals surface area contributed by atoms with E-state index in [1.165, 1.54) is 30.5 Å². The van der Waals surface area contributed by atoms with E-state index < -0.39 is 0 Å². The molecular weight excluding hydrogens is 148 g/mol. The van der Waals surface area contributed by atoms with Crippen LogP contribution in [0.4, 0.5) is 0 Å². The molecule has 1 saturated carbocycles. The Labute approximate surface area is 74.6 Å². The highest BCUT2D eigenvalue weighted by Gasteiger charge is 2.22. The summed E-state index contributed by atoms with van der Waals surface area (Å²) in [5.41, 5.74) is 8.25. The molecular formula is C10H18N2. The number of hydrogen-bond donors (Lipinski definition) is 1. The van der Waals surface area contributed by atoms with Crippen molar-refractivity contribution in [1.82, 2.24) is 0 Å². The van der Waals surface area contributed by atoms with Crippen LogP contribution in [0.5, 0.6) is 0 Å². The van der Waals surface area contributed by atoms with E-state index in [0.29, 0.717) is 12.5 Å². The van der Waals surface area contributed by atoms with Crippen LogP contribution in [0.15, 0.2) is 16.6 Å². The van der Waals surface area contributed by atoms with Crippen molar-refractivity contribution in [2.24, 2.45) is 16.6 Å². The quantitative estimate of drug-likeness (QED) is 0.492. The van der Waals surface area contributed by atoms with Crippen LogP contribution in [-0.2, 0) is 0 Å². The predicted molar refractivity (Wildman–Crippen MR) is 53.5 cm³/mol. The summed E-state index contributed by atoms with van der Waals surface area (Å²) in [7, 11) is 1.87. The van der Waals surface area contributed by atoms with E-state index in [1.54, 1.807) is 0 Å². The van der Waals surface area contributed by atoms with Crippen molar-refractivity contribution in [2.75, 3.05) is 13.6 Å². The molecule has 0 heterocycles. The van der Waals surface area contributed by atoms with E-state index in [1.807, 2.05) is 7.05 Å². The fraction of sp³-hybridized carbons (Fsp3) is 0.700. The fourth-order valence-corrected chi connectivity index (χ4v) is 1.90. The van der Waals surface area contributed by atoms with Crippen molar-refractivity contribution in [1.29, 1.82) is 0 Å². The van der Waals surface area contributed by atoms with Gasteiger partial charge in [-0.25, -0.2) is 0 Å². The van der Waals surface area contributed by atoms with Crippen molar-refractivity contribution >= 4 is 5.71 Å². The molecule has 0 spiro atoms. The maximum atomic E-state index is 5.50. The Balaban J connectivity index is 2.70. The van der Waals surface area contributed by atoms with E-state index in [0.717, 1.165) is 0 Å². The third kappa shape index (κ3) is 1.95. The van der Waals surface area contributed by atoms with Crippen LogP contribution >= 0.6 is 0 Å². The number of hydrogen-bond acceptors (Lipinski definition) is 2. The minimum atomic E-state index is 0.596. The number of aliphatic imine (C=N–C) groups is 1. The highest BCUT2D eigenvalue weighted by atomic mass is 14.7. The Bertz CT molecular complexity index is 204. The number of nitrogens with zero attached hydrogens (tertiary/aromatic N) is 1. The summed E-state index contributed by atoms with van der Waals surface area (Å²) in [4.78, 5) is 4.24. The van der Waals surface area contributed by atoms with Gasteiger partial charge in [0.25, 0.3) is 0 Å². The summed E-state index contributed by atoms with van der Waals surface area (Å²) in [6, 6.07) is 0. The Morgan fingerprint density at radius 3 is 3.08 bits per heavy atom. The molecule has 0 aromatic carbocycles. The lowest BCUT2D eigenvalue weighted by molar-refractivity contribution is 0.794. The molecule has 1 aliphatic carbocycles. The fourth-order valence-electron chi connectivity index (χ4n) is 1.90. The minimum absolute atomic E-state index is 0.596. The van der Waals surface area contributed by atoms with Crippen molar-refractivity contribution in [2.45, 2.75) is 26.2 Å². The third-order valence-corrected chi connectivity index (χ3v) is 2.64. The first-order valence-corrected chi connectivity index (χ1v) is 4.62. The molecule has 0 aromatic heterocycles. The van der Waals surface area contributed by atoms with E-state index in [2.05, 4.69) is 18.0 Å². The molecule has 1 unspecified atom stereocenters. The predicted octanol–water partition coefficient (Wildman–Crippen LogP) is 1.76. The SMILES string of the molecule is CN=C(C)C1CCC/C1=C\CN. The molecule has 0 aliphatic heterocycles. The van der Waals surface area contributed by atoms with Gasteiger partial charge in [0, 0.05) is 25.2 Å². The topological polar surface area (TPSA) is 38.4 Å². The van der Waals surface area contributed by atoms with Gasteiger partial charge in [0.15, 0.2) is 0 Å². The van der Waals surface area contributed by atoms with Gasteiger partial charge >= 0.3 is 0 Å². The van der Waals surface area contributed by atoms with Crippen molar-refractivity contribution in [3.8, 4) is 0 Å². The number of nitrogens with two attached hydrogens (primary N) is 1. The van der Waals surface area contributed by atoms with Crippen LogP contribution in [0.3, 0.4) is 0 Å². The second-order valence-electron chi connectivity index (χ2n) is 3.32. The van der Waals surface area contributed by atoms with Crippen molar-refractivity contribution < 1.29 is 0 Å². The summed E-state index contributed by atoms with van der Waals surface area (Å²) in [6.45, 7) is 2.78. The van der Waals surface area contributed by atoms with E-state index >= 15 is 0 Å².